The first-order chi connectivity index (χ1) is 8.49. The van der Waals surface area contributed by atoms with Crippen molar-refractivity contribution in [3.8, 4) is 0 Å². The SMILES string of the molecule is CCOC(=O)Cc1nc(I)c(C(F)F)cc1CCl. The van der Waals surface area contributed by atoms with Gasteiger partial charge in [-0.15, -0.1) is 11.6 Å². The standard InChI is InChI=1S/C11H11ClF2INO2/c1-2-18-9(17)4-8-6(5-12)3-7(10(13)14)11(15)16-8/h3,10H,2,4-5H2,1H3. The Balaban J connectivity index is 3.05. The van der Waals surface area contributed by atoms with Crippen LogP contribution in [0.1, 0.15) is 30.2 Å². The third-order valence-electron chi connectivity index (χ3n) is 2.17. The molecule has 7 heteroatoms. The number of nitrogens with zero attached hydrogens (tertiary/aromatic N) is 1. The summed E-state index contributed by atoms with van der Waals surface area (Å²) in [5.41, 5.74) is 0.650. The molecule has 0 saturated carbocycles. The molecular weight excluding hydrogens is 378 g/mol. The molecule has 0 fully saturated rings. The highest BCUT2D eigenvalue weighted by Gasteiger charge is 2.18. The van der Waals surface area contributed by atoms with Gasteiger partial charge in [0.1, 0.15) is 3.70 Å². The first kappa shape index (κ1) is 15.6. The molecule has 0 aliphatic rings. The highest BCUT2D eigenvalue weighted by Crippen LogP contribution is 2.26. The van der Waals surface area contributed by atoms with E-state index in [1.165, 1.54) is 6.07 Å². The molecule has 3 nitrogen and oxygen atoms in total. The molecule has 0 aromatic carbocycles. The smallest absolute Gasteiger partial charge is 0.311 e. The molecule has 0 bridgehead atoms. The number of halogens is 4. The predicted molar refractivity (Wildman–Crippen MR) is 71.8 cm³/mol. The van der Waals surface area contributed by atoms with Crippen LogP contribution in [0.3, 0.4) is 0 Å². The molecule has 0 amide bonds. The number of rotatable bonds is 5. The number of hydrogen-bond donors (Lipinski definition) is 0. The Kier molecular flexibility index (Phi) is 6.20. The van der Waals surface area contributed by atoms with Gasteiger partial charge in [0.2, 0.25) is 0 Å². The molecule has 1 aromatic rings. The lowest BCUT2D eigenvalue weighted by molar-refractivity contribution is -0.142. The van der Waals surface area contributed by atoms with E-state index in [2.05, 4.69) is 4.98 Å². The van der Waals surface area contributed by atoms with Crippen LogP contribution < -0.4 is 0 Å². The van der Waals surface area contributed by atoms with Crippen LogP contribution in [0.15, 0.2) is 6.07 Å². The first-order valence-corrected chi connectivity index (χ1v) is 6.78. The van der Waals surface area contributed by atoms with E-state index < -0.39 is 12.4 Å². The van der Waals surface area contributed by atoms with E-state index >= 15 is 0 Å². The van der Waals surface area contributed by atoms with Gasteiger partial charge in [-0.05, 0) is 41.1 Å². The summed E-state index contributed by atoms with van der Waals surface area (Å²) in [5, 5.41) is 0. The number of pyridine rings is 1. The molecule has 0 saturated heterocycles. The maximum absolute atomic E-state index is 12.7. The zero-order valence-electron chi connectivity index (χ0n) is 9.55. The molecule has 0 aliphatic heterocycles. The number of hydrogen-bond acceptors (Lipinski definition) is 3. The van der Waals surface area contributed by atoms with Crippen LogP contribution in [-0.4, -0.2) is 17.6 Å². The molecule has 18 heavy (non-hydrogen) atoms. The van der Waals surface area contributed by atoms with E-state index in [-0.39, 0.29) is 28.2 Å². The Bertz CT molecular complexity index is 443. The fourth-order valence-corrected chi connectivity index (χ4v) is 2.27. The number of alkyl halides is 3. The second-order valence-corrected chi connectivity index (χ2v) is 4.68. The Morgan fingerprint density at radius 3 is 2.78 bits per heavy atom. The zero-order valence-corrected chi connectivity index (χ0v) is 12.5. The second kappa shape index (κ2) is 7.18. The minimum absolute atomic E-state index is 0.0262. The lowest BCUT2D eigenvalue weighted by Gasteiger charge is -2.10. The Labute approximate surface area is 122 Å². The highest BCUT2D eigenvalue weighted by molar-refractivity contribution is 14.1. The summed E-state index contributed by atoms with van der Waals surface area (Å²) in [6, 6.07) is 1.29. The van der Waals surface area contributed by atoms with Gasteiger partial charge in [-0.2, -0.15) is 0 Å². The Morgan fingerprint density at radius 1 is 1.61 bits per heavy atom. The van der Waals surface area contributed by atoms with Gasteiger partial charge >= 0.3 is 5.97 Å². The van der Waals surface area contributed by atoms with Crippen LogP contribution in [-0.2, 0) is 21.8 Å². The summed E-state index contributed by atoms with van der Waals surface area (Å²) in [5.74, 6) is -0.421. The van der Waals surface area contributed by atoms with E-state index in [4.69, 9.17) is 16.3 Å². The predicted octanol–water partition coefficient (Wildman–Crippen LogP) is 3.47. The summed E-state index contributed by atoms with van der Waals surface area (Å²) in [7, 11) is 0. The highest BCUT2D eigenvalue weighted by atomic mass is 127. The van der Waals surface area contributed by atoms with Gasteiger partial charge in [-0.1, -0.05) is 0 Å². The average Bonchev–Trinajstić information content (AvgIpc) is 2.29. The van der Waals surface area contributed by atoms with E-state index in [1.807, 2.05) is 0 Å². The number of ether oxygens (including phenoxy) is 1. The van der Waals surface area contributed by atoms with Crippen molar-refractivity contribution in [1.29, 1.82) is 0 Å². The molecule has 1 aromatic heterocycles. The first-order valence-electron chi connectivity index (χ1n) is 5.17. The van der Waals surface area contributed by atoms with Crippen LogP contribution in [0.25, 0.3) is 0 Å². The summed E-state index contributed by atoms with van der Waals surface area (Å²) in [6.45, 7) is 1.96. The summed E-state index contributed by atoms with van der Waals surface area (Å²) < 4.78 is 30.3. The van der Waals surface area contributed by atoms with Crippen LogP contribution in [0, 0.1) is 3.70 Å². The topological polar surface area (TPSA) is 39.2 Å². The molecule has 0 radical (unpaired) electrons. The minimum Gasteiger partial charge on any atom is -0.466 e. The molecule has 1 rings (SSSR count). The number of carbonyl (C=O) groups is 1. The minimum atomic E-state index is -2.61. The van der Waals surface area contributed by atoms with Crippen molar-refractivity contribution < 1.29 is 18.3 Å². The molecule has 0 N–H and O–H groups in total. The largest absolute Gasteiger partial charge is 0.466 e. The van der Waals surface area contributed by atoms with Crippen molar-refractivity contribution in [3.63, 3.8) is 0 Å². The van der Waals surface area contributed by atoms with E-state index in [0.717, 1.165) is 0 Å². The number of esters is 1. The number of carbonyl (C=O) groups excluding carboxylic acids is 1. The van der Waals surface area contributed by atoms with Crippen LogP contribution in [0.5, 0.6) is 0 Å². The zero-order chi connectivity index (χ0) is 13.7. The molecule has 1 heterocycles. The van der Waals surface area contributed by atoms with Crippen LogP contribution in [0.4, 0.5) is 8.78 Å². The molecule has 0 atom stereocenters. The van der Waals surface area contributed by atoms with Gasteiger partial charge in [0.15, 0.2) is 0 Å². The van der Waals surface area contributed by atoms with Crippen molar-refractivity contribution >= 4 is 40.2 Å². The van der Waals surface area contributed by atoms with Gasteiger partial charge in [0.25, 0.3) is 6.43 Å². The van der Waals surface area contributed by atoms with Crippen molar-refractivity contribution in [1.82, 2.24) is 4.98 Å². The monoisotopic (exact) mass is 389 g/mol. The fraction of sp³-hybridized carbons (Fsp3) is 0.455. The van der Waals surface area contributed by atoms with Crippen molar-refractivity contribution in [3.05, 3.63) is 26.6 Å². The lowest BCUT2D eigenvalue weighted by Crippen LogP contribution is -2.12. The maximum Gasteiger partial charge on any atom is 0.311 e. The van der Waals surface area contributed by atoms with Crippen molar-refractivity contribution in [2.45, 2.75) is 25.7 Å². The molecule has 0 unspecified atom stereocenters. The van der Waals surface area contributed by atoms with Crippen LogP contribution >= 0.6 is 34.2 Å². The molecule has 100 valence electrons. The van der Waals surface area contributed by atoms with Crippen molar-refractivity contribution in [2.24, 2.45) is 0 Å². The van der Waals surface area contributed by atoms with E-state index in [1.54, 1.807) is 29.5 Å². The van der Waals surface area contributed by atoms with Gasteiger partial charge in [-0.25, -0.2) is 13.8 Å². The molecule has 0 aliphatic carbocycles. The molecular formula is C11H11ClF2INO2. The second-order valence-electron chi connectivity index (χ2n) is 3.39. The maximum atomic E-state index is 12.7. The van der Waals surface area contributed by atoms with Gasteiger partial charge < -0.3 is 4.74 Å². The average molecular weight is 390 g/mol. The van der Waals surface area contributed by atoms with Crippen molar-refractivity contribution in [2.75, 3.05) is 6.61 Å². The molecule has 0 spiro atoms. The third-order valence-corrected chi connectivity index (χ3v) is 3.32. The van der Waals surface area contributed by atoms with Gasteiger partial charge in [0, 0.05) is 11.4 Å². The van der Waals surface area contributed by atoms with Crippen LogP contribution in [0.2, 0.25) is 0 Å². The van der Waals surface area contributed by atoms with E-state index in [9.17, 15) is 13.6 Å². The quantitative estimate of drug-likeness (QED) is 0.335. The summed E-state index contributed by atoms with van der Waals surface area (Å²) >= 11 is 7.40. The Morgan fingerprint density at radius 2 is 2.28 bits per heavy atom. The normalized spacial score (nSPS) is 10.8. The Hall–Kier alpha value is -0.500. The lowest BCUT2D eigenvalue weighted by atomic mass is 10.1. The van der Waals surface area contributed by atoms with E-state index in [0.29, 0.717) is 11.3 Å². The number of aromatic nitrogens is 1. The fourth-order valence-electron chi connectivity index (χ4n) is 1.36. The summed E-state index contributed by atoms with van der Waals surface area (Å²) in [4.78, 5) is 15.4. The van der Waals surface area contributed by atoms with Gasteiger partial charge in [-0.3, -0.25) is 4.79 Å². The third kappa shape index (κ3) is 4.01. The van der Waals surface area contributed by atoms with Gasteiger partial charge in [0.05, 0.1) is 18.7 Å². The summed E-state index contributed by atoms with van der Waals surface area (Å²) in [6.07, 6.45) is -2.67.